The van der Waals surface area contributed by atoms with Crippen LogP contribution in [-0.2, 0) is 9.53 Å². The topological polar surface area (TPSA) is 26.3 Å². The van der Waals surface area contributed by atoms with Crippen LogP contribution in [0.2, 0.25) is 0 Å². The van der Waals surface area contributed by atoms with E-state index in [0.717, 1.165) is 6.42 Å². The highest BCUT2D eigenvalue weighted by atomic mass is 32.2. The fourth-order valence-electron chi connectivity index (χ4n) is 2.92. The predicted molar refractivity (Wildman–Crippen MR) is 100 cm³/mol. The van der Waals surface area contributed by atoms with E-state index in [9.17, 15) is 4.79 Å². The highest BCUT2D eigenvalue weighted by Crippen LogP contribution is 2.33. The van der Waals surface area contributed by atoms with Crippen LogP contribution in [0.25, 0.3) is 0 Å². The van der Waals surface area contributed by atoms with E-state index in [1.807, 2.05) is 31.7 Å². The SMILES string of the molecule is CCCCCCC(Sc1ccccc1)C(OC)C(C)C(=O)CC. The highest BCUT2D eigenvalue weighted by molar-refractivity contribution is 8.00. The molecule has 0 aromatic heterocycles. The van der Waals surface area contributed by atoms with Gasteiger partial charge in [-0.1, -0.05) is 64.7 Å². The Labute approximate surface area is 146 Å². The molecule has 0 amide bonds. The van der Waals surface area contributed by atoms with Crippen molar-refractivity contribution in [3.05, 3.63) is 30.3 Å². The maximum absolute atomic E-state index is 12.2. The molecule has 1 aromatic rings. The van der Waals surface area contributed by atoms with E-state index >= 15 is 0 Å². The molecule has 3 atom stereocenters. The normalized spacial score (nSPS) is 15.1. The van der Waals surface area contributed by atoms with Crippen LogP contribution in [0.5, 0.6) is 0 Å². The van der Waals surface area contributed by atoms with Gasteiger partial charge in [0.2, 0.25) is 0 Å². The van der Waals surface area contributed by atoms with Gasteiger partial charge in [0.1, 0.15) is 5.78 Å². The fourth-order valence-corrected chi connectivity index (χ4v) is 4.35. The van der Waals surface area contributed by atoms with Crippen molar-refractivity contribution in [1.29, 1.82) is 0 Å². The molecule has 0 saturated heterocycles. The molecule has 0 spiro atoms. The van der Waals surface area contributed by atoms with Crippen LogP contribution in [0.15, 0.2) is 35.2 Å². The van der Waals surface area contributed by atoms with Gasteiger partial charge in [-0.05, 0) is 18.6 Å². The van der Waals surface area contributed by atoms with Gasteiger partial charge in [0.05, 0.1) is 6.10 Å². The summed E-state index contributed by atoms with van der Waals surface area (Å²) in [5.74, 6) is 0.251. The average molecular weight is 337 g/mol. The number of thioether (sulfide) groups is 1. The maximum atomic E-state index is 12.2. The zero-order valence-corrected chi connectivity index (χ0v) is 15.9. The quantitative estimate of drug-likeness (QED) is 0.359. The molecule has 23 heavy (non-hydrogen) atoms. The smallest absolute Gasteiger partial charge is 0.138 e. The van der Waals surface area contributed by atoms with Crippen molar-refractivity contribution >= 4 is 17.5 Å². The summed E-state index contributed by atoms with van der Waals surface area (Å²) in [6.07, 6.45) is 6.65. The molecular formula is C20H32O2S. The summed E-state index contributed by atoms with van der Waals surface area (Å²) in [7, 11) is 1.74. The Morgan fingerprint density at radius 1 is 1.13 bits per heavy atom. The van der Waals surface area contributed by atoms with Crippen LogP contribution < -0.4 is 0 Å². The number of rotatable bonds is 12. The van der Waals surface area contributed by atoms with Crippen LogP contribution in [-0.4, -0.2) is 24.2 Å². The summed E-state index contributed by atoms with van der Waals surface area (Å²) in [4.78, 5) is 13.4. The van der Waals surface area contributed by atoms with Crippen molar-refractivity contribution in [2.75, 3.05) is 7.11 Å². The number of Topliss-reactive ketones (excluding diaryl/α,β-unsaturated/α-hetero) is 1. The molecule has 0 bridgehead atoms. The van der Waals surface area contributed by atoms with Gasteiger partial charge in [0.15, 0.2) is 0 Å². The lowest BCUT2D eigenvalue weighted by Crippen LogP contribution is -2.36. The standard InChI is InChI=1S/C20H32O2S/c1-5-7-8-12-15-19(23-17-13-10-9-11-14-17)20(22-4)16(3)18(21)6-2/h9-11,13-14,16,19-20H,5-8,12,15H2,1-4H3. The molecular weight excluding hydrogens is 304 g/mol. The number of unbranched alkanes of at least 4 members (excludes halogenated alkanes) is 3. The van der Waals surface area contributed by atoms with Crippen molar-refractivity contribution in [2.45, 2.75) is 75.5 Å². The van der Waals surface area contributed by atoms with E-state index in [1.165, 1.54) is 30.6 Å². The summed E-state index contributed by atoms with van der Waals surface area (Å²) in [5.41, 5.74) is 0. The van der Waals surface area contributed by atoms with E-state index in [4.69, 9.17) is 4.74 Å². The fraction of sp³-hybridized carbons (Fsp3) is 0.650. The van der Waals surface area contributed by atoms with Gasteiger partial charge in [-0.15, -0.1) is 11.8 Å². The molecule has 0 saturated carbocycles. The van der Waals surface area contributed by atoms with Gasteiger partial charge in [0, 0.05) is 29.6 Å². The largest absolute Gasteiger partial charge is 0.380 e. The molecule has 0 radical (unpaired) electrons. The molecule has 130 valence electrons. The first-order valence-corrected chi connectivity index (χ1v) is 9.79. The molecule has 3 heteroatoms. The monoisotopic (exact) mass is 336 g/mol. The number of hydrogen-bond donors (Lipinski definition) is 0. The Kier molecular flexibility index (Phi) is 10.3. The first-order chi connectivity index (χ1) is 11.1. The molecule has 3 unspecified atom stereocenters. The van der Waals surface area contributed by atoms with Crippen LogP contribution in [0, 0.1) is 5.92 Å². The van der Waals surface area contributed by atoms with Crippen LogP contribution >= 0.6 is 11.8 Å². The number of ether oxygens (including phenoxy) is 1. The Morgan fingerprint density at radius 2 is 1.83 bits per heavy atom. The molecule has 1 rings (SSSR count). The number of carbonyl (C=O) groups excluding carboxylic acids is 1. The number of carbonyl (C=O) groups is 1. The van der Waals surface area contributed by atoms with Crippen LogP contribution in [0.1, 0.15) is 59.3 Å². The Morgan fingerprint density at radius 3 is 2.39 bits per heavy atom. The van der Waals surface area contributed by atoms with Crippen LogP contribution in [0.4, 0.5) is 0 Å². The molecule has 0 heterocycles. The van der Waals surface area contributed by atoms with Crippen molar-refractivity contribution in [3.8, 4) is 0 Å². The molecule has 0 aliphatic rings. The maximum Gasteiger partial charge on any atom is 0.138 e. The second-order valence-corrected chi connectivity index (χ2v) is 7.44. The lowest BCUT2D eigenvalue weighted by molar-refractivity contribution is -0.126. The lowest BCUT2D eigenvalue weighted by atomic mass is 9.93. The van der Waals surface area contributed by atoms with Gasteiger partial charge < -0.3 is 4.74 Å². The van der Waals surface area contributed by atoms with Gasteiger partial charge in [-0.2, -0.15) is 0 Å². The van der Waals surface area contributed by atoms with E-state index in [-0.39, 0.29) is 12.0 Å². The average Bonchev–Trinajstić information content (AvgIpc) is 2.59. The Hall–Kier alpha value is -0.800. The van der Waals surface area contributed by atoms with Crippen molar-refractivity contribution in [2.24, 2.45) is 5.92 Å². The molecule has 0 N–H and O–H groups in total. The number of methoxy groups -OCH3 is 1. The minimum atomic E-state index is -0.0441. The molecule has 1 aromatic carbocycles. The molecule has 0 fully saturated rings. The van der Waals surface area contributed by atoms with Gasteiger partial charge in [-0.25, -0.2) is 0 Å². The van der Waals surface area contributed by atoms with Crippen molar-refractivity contribution in [1.82, 2.24) is 0 Å². The number of ketones is 1. The summed E-state index contributed by atoms with van der Waals surface area (Å²) in [5, 5.41) is 0.324. The third-order valence-electron chi connectivity index (χ3n) is 4.36. The highest BCUT2D eigenvalue weighted by Gasteiger charge is 2.30. The Balaban J connectivity index is 2.79. The number of benzene rings is 1. The first kappa shape index (κ1) is 20.2. The van der Waals surface area contributed by atoms with E-state index < -0.39 is 0 Å². The summed E-state index contributed by atoms with van der Waals surface area (Å²) in [6.45, 7) is 6.19. The predicted octanol–water partition coefficient (Wildman–Crippen LogP) is 5.75. The third-order valence-corrected chi connectivity index (χ3v) is 5.71. The lowest BCUT2D eigenvalue weighted by Gasteiger charge is -2.30. The third kappa shape index (κ3) is 7.09. The van der Waals surface area contributed by atoms with E-state index in [1.54, 1.807) is 7.11 Å². The number of hydrogen-bond acceptors (Lipinski definition) is 3. The van der Waals surface area contributed by atoms with Gasteiger partial charge in [0.25, 0.3) is 0 Å². The van der Waals surface area contributed by atoms with Crippen molar-refractivity contribution in [3.63, 3.8) is 0 Å². The minimum Gasteiger partial charge on any atom is -0.380 e. The van der Waals surface area contributed by atoms with Crippen molar-refractivity contribution < 1.29 is 9.53 Å². The second-order valence-electron chi connectivity index (χ2n) is 6.13. The molecule has 2 nitrogen and oxygen atoms in total. The van der Waals surface area contributed by atoms with E-state index in [2.05, 4.69) is 31.2 Å². The minimum absolute atomic E-state index is 0.0192. The Bertz CT molecular complexity index is 433. The zero-order chi connectivity index (χ0) is 17.1. The molecule has 0 aliphatic carbocycles. The first-order valence-electron chi connectivity index (χ1n) is 8.91. The van der Waals surface area contributed by atoms with Gasteiger partial charge in [-0.3, -0.25) is 4.79 Å². The summed E-state index contributed by atoms with van der Waals surface area (Å²) in [6, 6.07) is 10.5. The second kappa shape index (κ2) is 11.7. The zero-order valence-electron chi connectivity index (χ0n) is 15.1. The summed E-state index contributed by atoms with van der Waals surface area (Å²) < 4.78 is 5.78. The van der Waals surface area contributed by atoms with Crippen LogP contribution in [0.3, 0.4) is 0 Å². The van der Waals surface area contributed by atoms with Gasteiger partial charge >= 0.3 is 0 Å². The van der Waals surface area contributed by atoms with E-state index in [0.29, 0.717) is 17.5 Å². The summed E-state index contributed by atoms with van der Waals surface area (Å²) >= 11 is 1.86. The molecule has 0 aliphatic heterocycles.